The van der Waals surface area contributed by atoms with Crippen LogP contribution in [0.25, 0.3) is 0 Å². The van der Waals surface area contributed by atoms with Crippen LogP contribution in [0, 0.1) is 12.8 Å². The number of aromatic nitrogens is 2. The van der Waals surface area contributed by atoms with Gasteiger partial charge in [-0.25, -0.2) is 4.68 Å². The second-order valence-corrected chi connectivity index (χ2v) is 7.59. The molecule has 1 aliphatic carbocycles. The summed E-state index contributed by atoms with van der Waals surface area (Å²) in [7, 11) is 0. The van der Waals surface area contributed by atoms with Crippen LogP contribution in [0.2, 0.25) is 0 Å². The summed E-state index contributed by atoms with van der Waals surface area (Å²) in [5.41, 5.74) is 1.89. The molecule has 0 saturated heterocycles. The van der Waals surface area contributed by atoms with Gasteiger partial charge in [-0.3, -0.25) is 9.59 Å². The van der Waals surface area contributed by atoms with Crippen molar-refractivity contribution in [2.24, 2.45) is 5.92 Å². The standard InChI is InChI=1S/C21H25N3O3/c1-14-6-11-20(25)24(23-14)18-9-7-17(8-10-18)22-21(26)16-12-15-4-2-3-5-19(15)27-13-16/h2-6,11,16-18H,7-10,12-13H2,1H3,(H,22,26). The maximum Gasteiger partial charge on any atom is 0.267 e. The fourth-order valence-corrected chi connectivity index (χ4v) is 4.06. The number of hydrogen-bond acceptors (Lipinski definition) is 4. The van der Waals surface area contributed by atoms with E-state index >= 15 is 0 Å². The van der Waals surface area contributed by atoms with E-state index < -0.39 is 0 Å². The Balaban J connectivity index is 1.32. The van der Waals surface area contributed by atoms with E-state index in [0.717, 1.165) is 49.1 Å². The van der Waals surface area contributed by atoms with Crippen molar-refractivity contribution in [1.82, 2.24) is 15.1 Å². The van der Waals surface area contributed by atoms with Crippen LogP contribution in [0.4, 0.5) is 0 Å². The first kappa shape index (κ1) is 17.8. The molecule has 142 valence electrons. The SMILES string of the molecule is Cc1ccc(=O)n(C2CCC(NC(=O)C3COc4ccccc4C3)CC2)n1. The largest absolute Gasteiger partial charge is 0.492 e. The highest BCUT2D eigenvalue weighted by molar-refractivity contribution is 5.79. The highest BCUT2D eigenvalue weighted by Crippen LogP contribution is 2.29. The minimum absolute atomic E-state index is 0.0499. The van der Waals surface area contributed by atoms with Crippen LogP contribution in [0.5, 0.6) is 5.75 Å². The minimum Gasteiger partial charge on any atom is -0.492 e. The molecule has 0 radical (unpaired) electrons. The van der Waals surface area contributed by atoms with Gasteiger partial charge in [0, 0.05) is 12.1 Å². The number of nitrogens with zero attached hydrogens (tertiary/aromatic N) is 2. The highest BCUT2D eigenvalue weighted by Gasteiger charge is 2.29. The molecule has 1 amide bonds. The molecule has 6 heteroatoms. The molecule has 2 aliphatic rings. The molecule has 1 aromatic carbocycles. The molecular weight excluding hydrogens is 342 g/mol. The maximum atomic E-state index is 12.7. The van der Waals surface area contributed by atoms with Crippen LogP contribution < -0.4 is 15.6 Å². The monoisotopic (exact) mass is 367 g/mol. The fourth-order valence-electron chi connectivity index (χ4n) is 4.06. The van der Waals surface area contributed by atoms with Gasteiger partial charge in [-0.1, -0.05) is 18.2 Å². The molecule has 2 aromatic rings. The molecule has 1 fully saturated rings. The van der Waals surface area contributed by atoms with Crippen LogP contribution in [0.1, 0.15) is 43.0 Å². The van der Waals surface area contributed by atoms with Crippen molar-refractivity contribution >= 4 is 5.91 Å². The summed E-state index contributed by atoms with van der Waals surface area (Å²) in [5.74, 6) is 0.815. The number of para-hydroxylation sites is 1. The van der Waals surface area contributed by atoms with Crippen LogP contribution in [-0.2, 0) is 11.2 Å². The number of carbonyl (C=O) groups excluding carboxylic acids is 1. The lowest BCUT2D eigenvalue weighted by Crippen LogP contribution is -2.44. The van der Waals surface area contributed by atoms with Crippen molar-refractivity contribution in [2.75, 3.05) is 6.61 Å². The van der Waals surface area contributed by atoms with Gasteiger partial charge in [-0.2, -0.15) is 5.10 Å². The smallest absolute Gasteiger partial charge is 0.267 e. The molecule has 6 nitrogen and oxygen atoms in total. The van der Waals surface area contributed by atoms with Gasteiger partial charge in [0.05, 0.1) is 17.7 Å². The molecule has 1 saturated carbocycles. The Kier molecular flexibility index (Phi) is 4.97. The number of aryl methyl sites for hydroxylation is 1. The Hall–Kier alpha value is -2.63. The second-order valence-electron chi connectivity index (χ2n) is 7.59. The predicted molar refractivity (Wildman–Crippen MR) is 102 cm³/mol. The van der Waals surface area contributed by atoms with E-state index in [-0.39, 0.29) is 29.5 Å². The van der Waals surface area contributed by atoms with E-state index in [4.69, 9.17) is 4.74 Å². The molecule has 0 spiro atoms. The molecule has 1 atom stereocenters. The maximum absolute atomic E-state index is 12.7. The van der Waals surface area contributed by atoms with Gasteiger partial charge < -0.3 is 10.1 Å². The predicted octanol–water partition coefficient (Wildman–Crippen LogP) is 2.40. The summed E-state index contributed by atoms with van der Waals surface area (Å²) in [6, 6.07) is 11.5. The van der Waals surface area contributed by atoms with Crippen molar-refractivity contribution in [3.63, 3.8) is 0 Å². The van der Waals surface area contributed by atoms with Crippen LogP contribution in [-0.4, -0.2) is 28.3 Å². The van der Waals surface area contributed by atoms with Gasteiger partial charge in [0.15, 0.2) is 0 Å². The first-order chi connectivity index (χ1) is 13.1. The Labute approximate surface area is 158 Å². The first-order valence-electron chi connectivity index (χ1n) is 9.67. The van der Waals surface area contributed by atoms with Crippen molar-refractivity contribution in [1.29, 1.82) is 0 Å². The van der Waals surface area contributed by atoms with Crippen molar-refractivity contribution < 1.29 is 9.53 Å². The van der Waals surface area contributed by atoms with Gasteiger partial charge in [-0.15, -0.1) is 0 Å². The average Bonchev–Trinajstić information content (AvgIpc) is 2.70. The van der Waals surface area contributed by atoms with Crippen LogP contribution in [0.3, 0.4) is 0 Å². The highest BCUT2D eigenvalue weighted by atomic mass is 16.5. The summed E-state index contributed by atoms with van der Waals surface area (Å²) in [5, 5.41) is 7.57. The number of benzene rings is 1. The Morgan fingerprint density at radius 1 is 1.15 bits per heavy atom. The second kappa shape index (κ2) is 7.55. The van der Waals surface area contributed by atoms with E-state index in [9.17, 15) is 9.59 Å². The van der Waals surface area contributed by atoms with Crippen molar-refractivity contribution in [3.8, 4) is 5.75 Å². The Morgan fingerprint density at radius 2 is 1.93 bits per heavy atom. The van der Waals surface area contributed by atoms with E-state index in [2.05, 4.69) is 10.4 Å². The molecule has 1 aliphatic heterocycles. The molecule has 0 bridgehead atoms. The van der Waals surface area contributed by atoms with Crippen molar-refractivity contribution in [3.05, 3.63) is 58.0 Å². The number of nitrogens with one attached hydrogen (secondary N) is 1. The summed E-state index contributed by atoms with van der Waals surface area (Å²) in [6.07, 6.45) is 4.15. The lowest BCUT2D eigenvalue weighted by atomic mass is 9.90. The van der Waals surface area contributed by atoms with Crippen LogP contribution >= 0.6 is 0 Å². The molecule has 2 heterocycles. The quantitative estimate of drug-likeness (QED) is 0.904. The van der Waals surface area contributed by atoms with Gasteiger partial charge in [0.25, 0.3) is 5.56 Å². The van der Waals surface area contributed by atoms with Gasteiger partial charge >= 0.3 is 0 Å². The first-order valence-corrected chi connectivity index (χ1v) is 9.67. The lowest BCUT2D eigenvalue weighted by Gasteiger charge is -2.31. The van der Waals surface area contributed by atoms with Gasteiger partial charge in [0.1, 0.15) is 12.4 Å². The number of rotatable bonds is 3. The molecular formula is C21H25N3O3. The number of hydrogen-bond donors (Lipinski definition) is 1. The summed E-state index contributed by atoms with van der Waals surface area (Å²) < 4.78 is 7.35. The zero-order valence-electron chi connectivity index (χ0n) is 15.6. The van der Waals surface area contributed by atoms with Crippen LogP contribution in [0.15, 0.2) is 41.2 Å². The third kappa shape index (κ3) is 3.89. The topological polar surface area (TPSA) is 73.2 Å². The molecule has 1 unspecified atom stereocenters. The summed E-state index contributed by atoms with van der Waals surface area (Å²) in [6.45, 7) is 2.33. The number of ether oxygens (including phenoxy) is 1. The zero-order chi connectivity index (χ0) is 18.8. The van der Waals surface area contributed by atoms with Crippen molar-refractivity contribution in [2.45, 2.75) is 51.1 Å². The summed E-state index contributed by atoms with van der Waals surface area (Å²) >= 11 is 0. The Bertz CT molecular complexity index is 884. The van der Waals surface area contributed by atoms with Gasteiger partial charge in [-0.05, 0) is 56.7 Å². The third-order valence-electron chi connectivity index (χ3n) is 5.60. The lowest BCUT2D eigenvalue weighted by molar-refractivity contribution is -0.127. The van der Waals surface area contributed by atoms with E-state index in [1.165, 1.54) is 0 Å². The molecule has 1 aromatic heterocycles. The number of amides is 1. The number of carbonyl (C=O) groups is 1. The molecule has 27 heavy (non-hydrogen) atoms. The third-order valence-corrected chi connectivity index (χ3v) is 5.60. The summed E-state index contributed by atoms with van der Waals surface area (Å²) in [4.78, 5) is 24.7. The zero-order valence-corrected chi connectivity index (χ0v) is 15.6. The number of fused-ring (bicyclic) bond motifs is 1. The molecule has 4 rings (SSSR count). The van der Waals surface area contributed by atoms with E-state index in [1.54, 1.807) is 16.8 Å². The fraction of sp³-hybridized carbons (Fsp3) is 0.476. The van der Waals surface area contributed by atoms with Gasteiger partial charge in [0.2, 0.25) is 5.91 Å². The normalized spacial score (nSPS) is 24.6. The molecule has 1 N–H and O–H groups in total. The Morgan fingerprint density at radius 3 is 2.74 bits per heavy atom. The van der Waals surface area contributed by atoms with E-state index in [0.29, 0.717) is 6.61 Å². The minimum atomic E-state index is -0.140. The average molecular weight is 367 g/mol. The van der Waals surface area contributed by atoms with E-state index in [1.807, 2.05) is 31.2 Å².